The second-order valence-electron chi connectivity index (χ2n) is 3.61. The molecule has 13 heavy (non-hydrogen) atoms. The molecule has 70 valence electrons. The third-order valence-electron chi connectivity index (χ3n) is 2.39. The van der Waals surface area contributed by atoms with Crippen molar-refractivity contribution in [3.63, 3.8) is 0 Å². The SMILES string of the molecule is OC(CC1CC1)c1ccnc(Cl)c1. The van der Waals surface area contributed by atoms with E-state index in [2.05, 4.69) is 4.98 Å². The van der Waals surface area contributed by atoms with Gasteiger partial charge in [0.05, 0.1) is 6.10 Å². The zero-order chi connectivity index (χ0) is 9.26. The van der Waals surface area contributed by atoms with Crippen LogP contribution in [0.5, 0.6) is 0 Å². The highest BCUT2D eigenvalue weighted by Gasteiger charge is 2.25. The van der Waals surface area contributed by atoms with Crippen LogP contribution in [0.4, 0.5) is 0 Å². The minimum Gasteiger partial charge on any atom is -0.388 e. The summed E-state index contributed by atoms with van der Waals surface area (Å²) >= 11 is 5.72. The molecule has 0 aliphatic heterocycles. The number of nitrogens with zero attached hydrogens (tertiary/aromatic N) is 1. The van der Waals surface area contributed by atoms with Crippen molar-refractivity contribution in [1.29, 1.82) is 0 Å². The third-order valence-corrected chi connectivity index (χ3v) is 2.60. The van der Waals surface area contributed by atoms with Gasteiger partial charge in [-0.05, 0) is 30.0 Å². The molecular weight excluding hydrogens is 186 g/mol. The topological polar surface area (TPSA) is 33.1 Å². The minimum atomic E-state index is -0.368. The Kier molecular flexibility index (Phi) is 2.51. The molecule has 0 radical (unpaired) electrons. The Hall–Kier alpha value is -0.600. The van der Waals surface area contributed by atoms with Crippen LogP contribution < -0.4 is 0 Å². The molecule has 0 bridgehead atoms. The number of hydrogen-bond donors (Lipinski definition) is 1. The van der Waals surface area contributed by atoms with Gasteiger partial charge < -0.3 is 5.11 Å². The van der Waals surface area contributed by atoms with E-state index in [0.29, 0.717) is 5.15 Å². The largest absolute Gasteiger partial charge is 0.388 e. The van der Waals surface area contributed by atoms with Crippen LogP contribution in [0.15, 0.2) is 18.3 Å². The Bertz CT molecular complexity index is 299. The first-order chi connectivity index (χ1) is 6.25. The van der Waals surface area contributed by atoms with Crippen LogP contribution in [0.3, 0.4) is 0 Å². The Morgan fingerprint density at radius 2 is 2.38 bits per heavy atom. The summed E-state index contributed by atoms with van der Waals surface area (Å²) in [5.74, 6) is 0.724. The maximum absolute atomic E-state index is 9.77. The van der Waals surface area contributed by atoms with Gasteiger partial charge in [-0.25, -0.2) is 4.98 Å². The lowest BCUT2D eigenvalue weighted by molar-refractivity contribution is 0.160. The Balaban J connectivity index is 2.04. The fourth-order valence-electron chi connectivity index (χ4n) is 1.43. The van der Waals surface area contributed by atoms with E-state index < -0.39 is 0 Å². The predicted molar refractivity (Wildman–Crippen MR) is 51.5 cm³/mol. The van der Waals surface area contributed by atoms with Gasteiger partial charge in [-0.3, -0.25) is 0 Å². The van der Waals surface area contributed by atoms with Gasteiger partial charge in [0.2, 0.25) is 0 Å². The lowest BCUT2D eigenvalue weighted by Crippen LogP contribution is -1.98. The molecular formula is C10H12ClNO. The van der Waals surface area contributed by atoms with E-state index >= 15 is 0 Å². The highest BCUT2D eigenvalue weighted by atomic mass is 35.5. The molecule has 1 aliphatic rings. The Labute approximate surface area is 82.6 Å². The molecule has 0 amide bonds. The van der Waals surface area contributed by atoms with Crippen molar-refractivity contribution in [1.82, 2.24) is 4.98 Å². The van der Waals surface area contributed by atoms with Gasteiger partial charge in [-0.15, -0.1) is 0 Å². The smallest absolute Gasteiger partial charge is 0.129 e. The van der Waals surface area contributed by atoms with Crippen LogP contribution in [0.25, 0.3) is 0 Å². The van der Waals surface area contributed by atoms with Gasteiger partial charge in [0.1, 0.15) is 5.15 Å². The number of rotatable bonds is 3. The summed E-state index contributed by atoms with van der Waals surface area (Å²) in [6, 6.07) is 3.55. The summed E-state index contributed by atoms with van der Waals surface area (Å²) in [6.45, 7) is 0. The molecule has 1 saturated carbocycles. The van der Waals surface area contributed by atoms with Crippen molar-refractivity contribution < 1.29 is 5.11 Å². The zero-order valence-corrected chi connectivity index (χ0v) is 8.04. The van der Waals surface area contributed by atoms with E-state index in [4.69, 9.17) is 11.6 Å². The van der Waals surface area contributed by atoms with E-state index in [1.54, 1.807) is 12.3 Å². The fraction of sp³-hybridized carbons (Fsp3) is 0.500. The van der Waals surface area contributed by atoms with Crippen molar-refractivity contribution in [3.05, 3.63) is 29.0 Å². The molecule has 1 aromatic heterocycles. The number of pyridine rings is 1. The number of aromatic nitrogens is 1. The maximum atomic E-state index is 9.77. The molecule has 1 N–H and O–H groups in total. The Morgan fingerprint density at radius 3 is 3.00 bits per heavy atom. The van der Waals surface area contributed by atoms with E-state index in [9.17, 15) is 5.11 Å². The molecule has 1 heterocycles. The van der Waals surface area contributed by atoms with Gasteiger partial charge in [-0.2, -0.15) is 0 Å². The highest BCUT2D eigenvalue weighted by Crippen LogP contribution is 2.37. The number of hydrogen-bond acceptors (Lipinski definition) is 2. The molecule has 1 aliphatic carbocycles. The molecule has 2 nitrogen and oxygen atoms in total. The summed E-state index contributed by atoms with van der Waals surface area (Å²) in [7, 11) is 0. The predicted octanol–water partition coefficient (Wildman–Crippen LogP) is 2.57. The molecule has 3 heteroatoms. The maximum Gasteiger partial charge on any atom is 0.129 e. The van der Waals surface area contributed by atoms with E-state index in [0.717, 1.165) is 17.9 Å². The van der Waals surface area contributed by atoms with E-state index in [-0.39, 0.29) is 6.10 Å². The second-order valence-corrected chi connectivity index (χ2v) is 3.99. The molecule has 1 aromatic rings. The highest BCUT2D eigenvalue weighted by molar-refractivity contribution is 6.29. The first-order valence-corrected chi connectivity index (χ1v) is 4.93. The molecule has 1 fully saturated rings. The summed E-state index contributed by atoms with van der Waals surface area (Å²) in [5, 5.41) is 10.2. The molecule has 2 rings (SSSR count). The van der Waals surface area contributed by atoms with Crippen molar-refractivity contribution in [2.24, 2.45) is 5.92 Å². The molecule has 1 atom stereocenters. The molecule has 1 unspecified atom stereocenters. The van der Waals surface area contributed by atoms with Crippen molar-refractivity contribution in [3.8, 4) is 0 Å². The minimum absolute atomic E-state index is 0.368. The van der Waals surface area contributed by atoms with Gasteiger partial charge in [0, 0.05) is 6.20 Å². The first-order valence-electron chi connectivity index (χ1n) is 4.55. The number of aliphatic hydroxyl groups is 1. The third kappa shape index (κ3) is 2.42. The van der Waals surface area contributed by atoms with Crippen LogP contribution in [0.2, 0.25) is 5.15 Å². The van der Waals surface area contributed by atoms with E-state index in [1.165, 1.54) is 12.8 Å². The Morgan fingerprint density at radius 1 is 1.62 bits per heavy atom. The quantitative estimate of drug-likeness (QED) is 0.756. The van der Waals surface area contributed by atoms with Gasteiger partial charge in [0.15, 0.2) is 0 Å². The van der Waals surface area contributed by atoms with Crippen molar-refractivity contribution in [2.45, 2.75) is 25.4 Å². The monoisotopic (exact) mass is 197 g/mol. The van der Waals surface area contributed by atoms with Gasteiger partial charge in [0.25, 0.3) is 0 Å². The summed E-state index contributed by atoms with van der Waals surface area (Å²) in [4.78, 5) is 3.87. The van der Waals surface area contributed by atoms with Gasteiger partial charge in [-0.1, -0.05) is 24.4 Å². The normalized spacial score (nSPS) is 18.6. The second kappa shape index (κ2) is 3.64. The lowest BCUT2D eigenvalue weighted by Gasteiger charge is -2.09. The van der Waals surface area contributed by atoms with Gasteiger partial charge >= 0.3 is 0 Å². The van der Waals surface area contributed by atoms with E-state index in [1.807, 2.05) is 6.07 Å². The zero-order valence-electron chi connectivity index (χ0n) is 7.28. The molecule has 0 spiro atoms. The standard InChI is InChI=1S/C10H12ClNO/c11-10-6-8(3-4-12-10)9(13)5-7-1-2-7/h3-4,6-7,9,13H,1-2,5H2. The average Bonchev–Trinajstić information content (AvgIpc) is 2.88. The van der Waals surface area contributed by atoms with Crippen molar-refractivity contribution in [2.75, 3.05) is 0 Å². The van der Waals surface area contributed by atoms with Crippen LogP contribution in [0.1, 0.15) is 30.9 Å². The molecule has 0 saturated heterocycles. The fourth-order valence-corrected chi connectivity index (χ4v) is 1.61. The van der Waals surface area contributed by atoms with Crippen LogP contribution in [-0.2, 0) is 0 Å². The van der Waals surface area contributed by atoms with Crippen LogP contribution in [-0.4, -0.2) is 10.1 Å². The summed E-state index contributed by atoms with van der Waals surface area (Å²) in [5.41, 5.74) is 0.881. The average molecular weight is 198 g/mol. The lowest BCUT2D eigenvalue weighted by atomic mass is 10.1. The summed E-state index contributed by atoms with van der Waals surface area (Å²) in [6.07, 6.45) is 4.65. The van der Waals surface area contributed by atoms with Crippen molar-refractivity contribution >= 4 is 11.6 Å². The van der Waals surface area contributed by atoms with Crippen LogP contribution >= 0.6 is 11.6 Å². The first kappa shape index (κ1) is 8.97. The molecule has 0 aromatic carbocycles. The number of halogens is 1. The number of aliphatic hydroxyl groups excluding tert-OH is 1. The summed E-state index contributed by atoms with van der Waals surface area (Å²) < 4.78 is 0. The van der Waals surface area contributed by atoms with Crippen LogP contribution in [0, 0.1) is 5.92 Å².